The molecule has 29 heavy (non-hydrogen) atoms. The minimum Gasteiger partial charge on any atom is -0.478 e. The van der Waals surface area contributed by atoms with E-state index in [1.54, 1.807) is 4.57 Å². The van der Waals surface area contributed by atoms with Gasteiger partial charge in [0.15, 0.2) is 5.16 Å². The van der Waals surface area contributed by atoms with E-state index >= 15 is 0 Å². The molecule has 0 aliphatic heterocycles. The van der Waals surface area contributed by atoms with Gasteiger partial charge in [0.05, 0.1) is 16.7 Å². The molecule has 0 aliphatic carbocycles. The highest BCUT2D eigenvalue weighted by molar-refractivity contribution is 7.99. The van der Waals surface area contributed by atoms with Crippen molar-refractivity contribution in [2.24, 2.45) is 0 Å². The molecular formula is C20H21N3O4S2. The number of rotatable bonds is 6. The van der Waals surface area contributed by atoms with Crippen molar-refractivity contribution in [2.75, 3.05) is 11.1 Å². The molecule has 0 spiro atoms. The SMILES string of the molecule is Cc1sc2nc(SCC(=O)Nc3ccc(C(=O)O)cc3)n(C(C)C)c(=O)c2c1C. The van der Waals surface area contributed by atoms with E-state index in [4.69, 9.17) is 5.11 Å². The van der Waals surface area contributed by atoms with Gasteiger partial charge in [0, 0.05) is 16.6 Å². The predicted molar refractivity (Wildman–Crippen MR) is 116 cm³/mol. The van der Waals surface area contributed by atoms with Crippen molar-refractivity contribution < 1.29 is 14.7 Å². The summed E-state index contributed by atoms with van der Waals surface area (Å²) >= 11 is 2.69. The van der Waals surface area contributed by atoms with Crippen molar-refractivity contribution in [3.8, 4) is 0 Å². The summed E-state index contributed by atoms with van der Waals surface area (Å²) in [6, 6.07) is 5.85. The summed E-state index contributed by atoms with van der Waals surface area (Å²) in [6.07, 6.45) is 0. The van der Waals surface area contributed by atoms with Gasteiger partial charge in [-0.3, -0.25) is 14.2 Å². The second-order valence-electron chi connectivity index (χ2n) is 6.85. The topological polar surface area (TPSA) is 101 Å². The van der Waals surface area contributed by atoms with Crippen LogP contribution in [0.15, 0.2) is 34.2 Å². The lowest BCUT2D eigenvalue weighted by molar-refractivity contribution is -0.113. The van der Waals surface area contributed by atoms with Crippen LogP contribution in [0.2, 0.25) is 0 Å². The van der Waals surface area contributed by atoms with Crippen LogP contribution in [0.1, 0.15) is 40.7 Å². The van der Waals surface area contributed by atoms with Crippen LogP contribution in [0.5, 0.6) is 0 Å². The molecule has 1 aromatic carbocycles. The predicted octanol–water partition coefficient (Wildman–Crippen LogP) is 4.08. The monoisotopic (exact) mass is 431 g/mol. The lowest BCUT2D eigenvalue weighted by Gasteiger charge is -2.15. The molecule has 0 radical (unpaired) electrons. The van der Waals surface area contributed by atoms with Crippen LogP contribution >= 0.6 is 23.1 Å². The molecule has 9 heteroatoms. The molecule has 2 N–H and O–H groups in total. The molecule has 3 aromatic rings. The largest absolute Gasteiger partial charge is 0.478 e. The first-order valence-electron chi connectivity index (χ1n) is 8.97. The molecule has 152 valence electrons. The van der Waals surface area contributed by atoms with Crippen molar-refractivity contribution in [3.05, 3.63) is 50.6 Å². The van der Waals surface area contributed by atoms with Gasteiger partial charge in [0.25, 0.3) is 5.56 Å². The zero-order valence-corrected chi connectivity index (χ0v) is 18.1. The minimum atomic E-state index is -1.02. The highest BCUT2D eigenvalue weighted by Gasteiger charge is 2.19. The summed E-state index contributed by atoms with van der Waals surface area (Å²) in [6.45, 7) is 7.73. The van der Waals surface area contributed by atoms with Crippen molar-refractivity contribution in [2.45, 2.75) is 38.9 Å². The molecule has 0 fully saturated rings. The summed E-state index contributed by atoms with van der Waals surface area (Å²) in [5.74, 6) is -1.21. The van der Waals surface area contributed by atoms with E-state index in [9.17, 15) is 14.4 Å². The summed E-state index contributed by atoms with van der Waals surface area (Å²) in [4.78, 5) is 42.6. The number of carboxylic acids is 1. The summed E-state index contributed by atoms with van der Waals surface area (Å²) in [5.41, 5.74) is 1.53. The Labute approximate surface area is 175 Å². The highest BCUT2D eigenvalue weighted by atomic mass is 32.2. The Hall–Kier alpha value is -2.65. The van der Waals surface area contributed by atoms with Crippen LogP contribution < -0.4 is 10.9 Å². The molecule has 0 saturated carbocycles. The maximum absolute atomic E-state index is 13.0. The average Bonchev–Trinajstić information content (AvgIpc) is 2.94. The zero-order chi connectivity index (χ0) is 21.3. The third kappa shape index (κ3) is 4.35. The third-order valence-corrected chi connectivity index (χ3v) is 6.52. The maximum Gasteiger partial charge on any atom is 0.335 e. The van der Waals surface area contributed by atoms with Gasteiger partial charge in [-0.05, 0) is 57.5 Å². The van der Waals surface area contributed by atoms with Crippen molar-refractivity contribution in [1.82, 2.24) is 9.55 Å². The number of amides is 1. The summed E-state index contributed by atoms with van der Waals surface area (Å²) in [7, 11) is 0. The van der Waals surface area contributed by atoms with Gasteiger partial charge >= 0.3 is 5.97 Å². The lowest BCUT2D eigenvalue weighted by atomic mass is 10.2. The molecule has 2 aromatic heterocycles. The van der Waals surface area contributed by atoms with Gasteiger partial charge in [-0.2, -0.15) is 0 Å². The summed E-state index contributed by atoms with van der Waals surface area (Å²) < 4.78 is 1.63. The normalized spacial score (nSPS) is 11.2. The number of carbonyl (C=O) groups excluding carboxylic acids is 1. The highest BCUT2D eigenvalue weighted by Crippen LogP contribution is 2.29. The van der Waals surface area contributed by atoms with Crippen LogP contribution in [-0.4, -0.2) is 32.3 Å². The molecule has 2 heterocycles. The fourth-order valence-corrected chi connectivity index (χ4v) is 4.87. The summed E-state index contributed by atoms with van der Waals surface area (Å²) in [5, 5.41) is 12.8. The van der Waals surface area contributed by atoms with E-state index in [0.29, 0.717) is 21.1 Å². The van der Waals surface area contributed by atoms with Gasteiger partial charge in [-0.1, -0.05) is 11.8 Å². The molecule has 0 saturated heterocycles. The van der Waals surface area contributed by atoms with Crippen LogP contribution in [-0.2, 0) is 4.79 Å². The molecule has 7 nitrogen and oxygen atoms in total. The fraction of sp³-hybridized carbons (Fsp3) is 0.300. The van der Waals surface area contributed by atoms with Gasteiger partial charge in [0.2, 0.25) is 5.91 Å². The first-order chi connectivity index (χ1) is 13.7. The smallest absolute Gasteiger partial charge is 0.335 e. The fourth-order valence-electron chi connectivity index (χ4n) is 2.87. The standard InChI is InChI=1S/C20H21N3O4S2/c1-10(2)23-18(25)16-11(3)12(4)29-17(16)22-20(23)28-9-15(24)21-14-7-5-13(6-8-14)19(26)27/h5-8,10H,9H2,1-4H3,(H,21,24)(H,26,27). The van der Waals surface area contributed by atoms with E-state index in [1.165, 1.54) is 47.4 Å². The first-order valence-corrected chi connectivity index (χ1v) is 10.8. The number of thiophene rings is 1. The van der Waals surface area contributed by atoms with Gasteiger partial charge in [-0.15, -0.1) is 11.3 Å². The van der Waals surface area contributed by atoms with Crippen LogP contribution in [0, 0.1) is 13.8 Å². The Bertz CT molecular complexity index is 1150. The second-order valence-corrected chi connectivity index (χ2v) is 8.99. The molecule has 0 unspecified atom stereocenters. The van der Waals surface area contributed by atoms with Crippen LogP contribution in [0.3, 0.4) is 0 Å². The number of aryl methyl sites for hydroxylation is 2. The lowest BCUT2D eigenvalue weighted by Crippen LogP contribution is -2.25. The Morgan fingerprint density at radius 1 is 1.24 bits per heavy atom. The number of aromatic nitrogens is 2. The van der Waals surface area contributed by atoms with Crippen LogP contribution in [0.4, 0.5) is 5.69 Å². The number of fused-ring (bicyclic) bond motifs is 1. The number of nitrogens with zero attached hydrogens (tertiary/aromatic N) is 2. The molecule has 0 bridgehead atoms. The number of carboxylic acid groups (broad SMARTS) is 1. The van der Waals surface area contributed by atoms with E-state index in [1.807, 2.05) is 27.7 Å². The number of hydrogen-bond acceptors (Lipinski definition) is 6. The molecule has 0 atom stereocenters. The number of hydrogen-bond donors (Lipinski definition) is 2. The molecular weight excluding hydrogens is 410 g/mol. The number of benzene rings is 1. The van der Waals surface area contributed by atoms with Gasteiger partial charge in [-0.25, -0.2) is 9.78 Å². The third-order valence-electron chi connectivity index (χ3n) is 4.47. The van der Waals surface area contributed by atoms with E-state index in [0.717, 1.165) is 10.4 Å². The van der Waals surface area contributed by atoms with Crippen molar-refractivity contribution in [3.63, 3.8) is 0 Å². The number of carbonyl (C=O) groups is 2. The number of thioether (sulfide) groups is 1. The average molecular weight is 432 g/mol. The number of aromatic carboxylic acids is 1. The van der Waals surface area contributed by atoms with E-state index < -0.39 is 5.97 Å². The Morgan fingerprint density at radius 2 is 1.90 bits per heavy atom. The van der Waals surface area contributed by atoms with Crippen molar-refractivity contribution >= 4 is 50.9 Å². The molecule has 0 aliphatic rings. The van der Waals surface area contributed by atoms with E-state index in [-0.39, 0.29) is 28.8 Å². The van der Waals surface area contributed by atoms with Crippen LogP contribution in [0.25, 0.3) is 10.2 Å². The maximum atomic E-state index is 13.0. The zero-order valence-electron chi connectivity index (χ0n) is 16.5. The van der Waals surface area contributed by atoms with Crippen molar-refractivity contribution in [1.29, 1.82) is 0 Å². The Morgan fingerprint density at radius 3 is 2.48 bits per heavy atom. The Balaban J connectivity index is 1.80. The quantitative estimate of drug-likeness (QED) is 0.450. The minimum absolute atomic E-state index is 0.0781. The number of nitrogens with one attached hydrogen (secondary N) is 1. The first kappa shape index (κ1) is 21.1. The van der Waals surface area contributed by atoms with Gasteiger partial charge in [0.1, 0.15) is 4.83 Å². The van der Waals surface area contributed by atoms with Gasteiger partial charge < -0.3 is 10.4 Å². The van der Waals surface area contributed by atoms with E-state index in [2.05, 4.69) is 10.3 Å². The second kappa shape index (κ2) is 8.38. The Kier molecular flexibility index (Phi) is 6.09. The molecule has 1 amide bonds. The number of anilines is 1. The molecule has 3 rings (SSSR count).